The van der Waals surface area contributed by atoms with Gasteiger partial charge in [0, 0.05) is 18.5 Å². The van der Waals surface area contributed by atoms with Gasteiger partial charge in [0.25, 0.3) is 0 Å². The molecule has 0 saturated heterocycles. The molecule has 3 nitrogen and oxygen atoms in total. The Balaban J connectivity index is 1.80. The second-order valence-corrected chi connectivity index (χ2v) is 5.93. The summed E-state index contributed by atoms with van der Waals surface area (Å²) in [5.74, 6) is -0.395. The van der Waals surface area contributed by atoms with Crippen LogP contribution in [0.5, 0.6) is 0 Å². The number of benzene rings is 1. The van der Waals surface area contributed by atoms with Crippen molar-refractivity contribution in [3.05, 3.63) is 34.1 Å². The fourth-order valence-corrected chi connectivity index (χ4v) is 2.74. The summed E-state index contributed by atoms with van der Waals surface area (Å²) >= 11 is 3.14. The van der Waals surface area contributed by atoms with Crippen LogP contribution in [0.4, 0.5) is 4.39 Å². The van der Waals surface area contributed by atoms with Gasteiger partial charge in [-0.15, -0.1) is 0 Å². The SMILES string of the molecule is NC(=O)C1CCC(NCc2ccc(Br)c(F)c2)CC1. The first kappa shape index (κ1) is 14.5. The van der Waals surface area contributed by atoms with Crippen LogP contribution in [0.3, 0.4) is 0 Å². The molecule has 1 aromatic carbocycles. The third-order valence-electron chi connectivity index (χ3n) is 3.71. The maximum Gasteiger partial charge on any atom is 0.220 e. The maximum atomic E-state index is 13.4. The molecule has 0 aliphatic heterocycles. The van der Waals surface area contributed by atoms with Crippen LogP contribution >= 0.6 is 15.9 Å². The third-order valence-corrected chi connectivity index (χ3v) is 4.35. The summed E-state index contributed by atoms with van der Waals surface area (Å²) in [6.07, 6.45) is 3.60. The number of primary amides is 1. The standard InChI is InChI=1S/C14H18BrFN2O/c15-12-6-1-9(7-13(12)16)8-18-11-4-2-10(3-5-11)14(17)19/h1,6-7,10-11,18H,2-5,8H2,(H2,17,19). The zero-order chi connectivity index (χ0) is 13.8. The molecule has 19 heavy (non-hydrogen) atoms. The number of rotatable bonds is 4. The van der Waals surface area contributed by atoms with Crippen LogP contribution in [0.15, 0.2) is 22.7 Å². The van der Waals surface area contributed by atoms with E-state index in [1.165, 1.54) is 6.07 Å². The average Bonchev–Trinajstić information content (AvgIpc) is 2.40. The Hall–Kier alpha value is -0.940. The first-order valence-corrected chi connectivity index (χ1v) is 7.32. The van der Waals surface area contributed by atoms with Crippen LogP contribution in [0, 0.1) is 11.7 Å². The molecule has 0 aromatic heterocycles. The van der Waals surface area contributed by atoms with E-state index in [9.17, 15) is 9.18 Å². The zero-order valence-corrected chi connectivity index (χ0v) is 12.2. The van der Waals surface area contributed by atoms with Crippen molar-refractivity contribution in [2.45, 2.75) is 38.3 Å². The molecule has 1 aliphatic rings. The second-order valence-electron chi connectivity index (χ2n) is 5.08. The Morgan fingerprint density at radius 3 is 2.63 bits per heavy atom. The van der Waals surface area contributed by atoms with E-state index in [1.807, 2.05) is 6.07 Å². The number of amides is 1. The smallest absolute Gasteiger partial charge is 0.220 e. The number of hydrogen-bond donors (Lipinski definition) is 2. The molecule has 0 unspecified atom stereocenters. The van der Waals surface area contributed by atoms with Gasteiger partial charge >= 0.3 is 0 Å². The molecule has 0 radical (unpaired) electrons. The molecule has 0 bridgehead atoms. The molecule has 1 amide bonds. The van der Waals surface area contributed by atoms with Crippen molar-refractivity contribution in [3.8, 4) is 0 Å². The Bertz CT molecular complexity index is 459. The van der Waals surface area contributed by atoms with Crippen LogP contribution < -0.4 is 11.1 Å². The number of halogens is 2. The van der Waals surface area contributed by atoms with Gasteiger partial charge in [-0.1, -0.05) is 6.07 Å². The number of carbonyl (C=O) groups is 1. The van der Waals surface area contributed by atoms with Gasteiger partial charge in [0.2, 0.25) is 5.91 Å². The van der Waals surface area contributed by atoms with Crippen LogP contribution in [-0.2, 0) is 11.3 Å². The molecule has 0 spiro atoms. The normalized spacial score (nSPS) is 23.3. The Morgan fingerprint density at radius 2 is 2.05 bits per heavy atom. The van der Waals surface area contributed by atoms with E-state index in [0.717, 1.165) is 31.2 Å². The highest BCUT2D eigenvalue weighted by atomic mass is 79.9. The van der Waals surface area contributed by atoms with Crippen molar-refractivity contribution in [2.24, 2.45) is 11.7 Å². The minimum atomic E-state index is -0.239. The summed E-state index contributed by atoms with van der Waals surface area (Å²) in [4.78, 5) is 11.1. The number of nitrogens with two attached hydrogens (primary N) is 1. The number of nitrogens with one attached hydrogen (secondary N) is 1. The molecule has 104 valence electrons. The Labute approximate surface area is 120 Å². The molecule has 1 saturated carbocycles. The van der Waals surface area contributed by atoms with E-state index < -0.39 is 0 Å². The minimum Gasteiger partial charge on any atom is -0.369 e. The summed E-state index contributed by atoms with van der Waals surface area (Å²) in [7, 11) is 0. The lowest BCUT2D eigenvalue weighted by atomic mass is 9.85. The van der Waals surface area contributed by atoms with Gasteiger partial charge < -0.3 is 11.1 Å². The molecule has 1 fully saturated rings. The quantitative estimate of drug-likeness (QED) is 0.892. The molecule has 5 heteroatoms. The van der Waals surface area contributed by atoms with Gasteiger partial charge in [-0.25, -0.2) is 4.39 Å². The first-order valence-electron chi connectivity index (χ1n) is 6.53. The van der Waals surface area contributed by atoms with Crippen LogP contribution in [0.1, 0.15) is 31.2 Å². The van der Waals surface area contributed by atoms with Crippen molar-refractivity contribution in [2.75, 3.05) is 0 Å². The number of hydrogen-bond acceptors (Lipinski definition) is 2. The number of carbonyl (C=O) groups excluding carboxylic acids is 1. The third kappa shape index (κ3) is 4.01. The van der Waals surface area contributed by atoms with Crippen molar-refractivity contribution in [3.63, 3.8) is 0 Å². The summed E-state index contributed by atoms with van der Waals surface area (Å²) in [5, 5.41) is 3.41. The lowest BCUT2D eigenvalue weighted by molar-refractivity contribution is -0.122. The molecule has 1 aromatic rings. The molecular weight excluding hydrogens is 311 g/mol. The van der Waals surface area contributed by atoms with Crippen molar-refractivity contribution < 1.29 is 9.18 Å². The van der Waals surface area contributed by atoms with Gasteiger partial charge in [0.1, 0.15) is 5.82 Å². The molecular formula is C14H18BrFN2O. The van der Waals surface area contributed by atoms with Crippen LogP contribution in [0.25, 0.3) is 0 Å². The monoisotopic (exact) mass is 328 g/mol. The van der Waals surface area contributed by atoms with E-state index in [4.69, 9.17) is 5.73 Å². The van der Waals surface area contributed by atoms with Gasteiger partial charge in [0.15, 0.2) is 0 Å². The van der Waals surface area contributed by atoms with E-state index in [0.29, 0.717) is 17.1 Å². The zero-order valence-electron chi connectivity index (χ0n) is 10.7. The van der Waals surface area contributed by atoms with Gasteiger partial charge in [-0.05, 0) is 59.3 Å². The molecule has 3 N–H and O–H groups in total. The molecule has 0 heterocycles. The van der Waals surface area contributed by atoms with E-state index in [1.54, 1.807) is 6.07 Å². The van der Waals surface area contributed by atoms with Crippen LogP contribution in [-0.4, -0.2) is 11.9 Å². The summed E-state index contributed by atoms with van der Waals surface area (Å²) < 4.78 is 13.8. The molecule has 2 rings (SSSR count). The van der Waals surface area contributed by atoms with Crippen molar-refractivity contribution >= 4 is 21.8 Å². The second kappa shape index (κ2) is 6.48. The summed E-state index contributed by atoms with van der Waals surface area (Å²) in [6.45, 7) is 0.649. The molecule has 1 aliphatic carbocycles. The lowest BCUT2D eigenvalue weighted by Gasteiger charge is -2.27. The fourth-order valence-electron chi connectivity index (χ4n) is 2.49. The van der Waals surface area contributed by atoms with E-state index in [-0.39, 0.29) is 17.6 Å². The Morgan fingerprint density at radius 1 is 1.37 bits per heavy atom. The predicted octanol–water partition coefficient (Wildman–Crippen LogP) is 2.72. The summed E-state index contributed by atoms with van der Waals surface area (Å²) in [5.41, 5.74) is 6.23. The van der Waals surface area contributed by atoms with Gasteiger partial charge in [-0.3, -0.25) is 4.79 Å². The highest BCUT2D eigenvalue weighted by Crippen LogP contribution is 2.24. The van der Waals surface area contributed by atoms with Crippen molar-refractivity contribution in [1.29, 1.82) is 0 Å². The average molecular weight is 329 g/mol. The highest BCUT2D eigenvalue weighted by molar-refractivity contribution is 9.10. The van der Waals surface area contributed by atoms with E-state index >= 15 is 0 Å². The van der Waals surface area contributed by atoms with Gasteiger partial charge in [0.05, 0.1) is 4.47 Å². The largest absolute Gasteiger partial charge is 0.369 e. The highest BCUT2D eigenvalue weighted by Gasteiger charge is 2.24. The fraction of sp³-hybridized carbons (Fsp3) is 0.500. The van der Waals surface area contributed by atoms with E-state index in [2.05, 4.69) is 21.2 Å². The van der Waals surface area contributed by atoms with Crippen LogP contribution in [0.2, 0.25) is 0 Å². The minimum absolute atomic E-state index is 0.0307. The molecule has 0 atom stereocenters. The topological polar surface area (TPSA) is 55.1 Å². The predicted molar refractivity (Wildman–Crippen MR) is 75.9 cm³/mol. The first-order chi connectivity index (χ1) is 9.06. The maximum absolute atomic E-state index is 13.4. The van der Waals surface area contributed by atoms with Crippen molar-refractivity contribution in [1.82, 2.24) is 5.32 Å². The lowest BCUT2D eigenvalue weighted by Crippen LogP contribution is -2.36. The van der Waals surface area contributed by atoms with Gasteiger partial charge in [-0.2, -0.15) is 0 Å². The summed E-state index contributed by atoms with van der Waals surface area (Å²) in [6, 6.07) is 5.54. The Kier molecular flexibility index (Phi) is 4.93.